The third-order valence-electron chi connectivity index (χ3n) is 1.55. The van der Waals surface area contributed by atoms with E-state index in [0.29, 0.717) is 0 Å². The first kappa shape index (κ1) is 9.27. The minimum Gasteiger partial charge on any atom is -0.153 e. The van der Waals surface area contributed by atoms with Crippen LogP contribution >= 0.6 is 9.90 Å². The van der Waals surface area contributed by atoms with Gasteiger partial charge in [0, 0.05) is 0 Å². The van der Waals surface area contributed by atoms with Gasteiger partial charge in [0.1, 0.15) is 0 Å². The van der Waals surface area contributed by atoms with Gasteiger partial charge in [-0.3, -0.25) is 0 Å². The summed E-state index contributed by atoms with van der Waals surface area (Å²) in [7, 11) is 0. The second kappa shape index (κ2) is 4.27. The van der Waals surface area contributed by atoms with Crippen molar-refractivity contribution in [1.82, 2.24) is 0 Å². The Hall–Kier alpha value is 0.180. The summed E-state index contributed by atoms with van der Waals surface area (Å²) in [4.78, 5) is 0. The van der Waals surface area contributed by atoms with Gasteiger partial charge in [-0.25, -0.2) is 0 Å². The maximum absolute atomic E-state index is 2.30. The van der Waals surface area contributed by atoms with E-state index in [-0.39, 0.29) is 30.8 Å². The van der Waals surface area contributed by atoms with Crippen molar-refractivity contribution in [3.63, 3.8) is 0 Å². The summed E-state index contributed by atoms with van der Waals surface area (Å²) in [5.74, 6) is 0. The van der Waals surface area contributed by atoms with E-state index in [1.165, 1.54) is 10.0 Å². The molecule has 0 nitrogen and oxygen atoms in total. The molecule has 0 radical (unpaired) electrons. The quantitative estimate of drug-likeness (QED) is 0.498. The molecule has 1 unspecified atom stereocenters. The molecular formula is C9H11PTe. The first-order valence-electron chi connectivity index (χ1n) is 3.35. The molecule has 1 heterocycles. The summed E-state index contributed by atoms with van der Waals surface area (Å²) < 4.78 is 2.96. The molecule has 0 aliphatic carbocycles. The van der Waals surface area contributed by atoms with Crippen molar-refractivity contribution in [1.29, 1.82) is 0 Å². The van der Waals surface area contributed by atoms with E-state index in [1.54, 1.807) is 3.61 Å². The van der Waals surface area contributed by atoms with Crippen molar-refractivity contribution < 1.29 is 0 Å². The number of fused-ring (bicyclic) bond motifs is 1. The molecule has 58 valence electrons. The fourth-order valence-electron chi connectivity index (χ4n) is 1.06. The van der Waals surface area contributed by atoms with Crippen molar-refractivity contribution in [3.05, 3.63) is 35.9 Å². The molecule has 1 aliphatic heterocycles. The molecule has 0 spiro atoms. The second-order valence-electron chi connectivity index (χ2n) is 2.25. The first-order chi connectivity index (χ1) is 4.97. The summed E-state index contributed by atoms with van der Waals surface area (Å²) in [6, 6.07) is 8.72. The number of hydrogen-bond donors (Lipinski definition) is 0. The van der Waals surface area contributed by atoms with E-state index in [4.69, 9.17) is 0 Å². The van der Waals surface area contributed by atoms with Crippen LogP contribution in [-0.4, -0.2) is 20.9 Å². The Morgan fingerprint density at radius 1 is 1.18 bits per heavy atom. The van der Waals surface area contributed by atoms with E-state index >= 15 is 0 Å². The molecule has 2 heteroatoms. The van der Waals surface area contributed by atoms with Gasteiger partial charge in [-0.15, -0.1) is 0 Å². The molecule has 1 atom stereocenters. The summed E-state index contributed by atoms with van der Waals surface area (Å²) in [5.41, 5.74) is 1.45. The van der Waals surface area contributed by atoms with Gasteiger partial charge in [-0.2, -0.15) is 9.90 Å². The fourth-order valence-corrected chi connectivity index (χ4v) is 3.49. The fraction of sp³-hybridized carbons (Fsp3) is 0.111. The van der Waals surface area contributed by atoms with Gasteiger partial charge < -0.3 is 0 Å². The van der Waals surface area contributed by atoms with Gasteiger partial charge in [-0.05, 0) is 0 Å². The van der Waals surface area contributed by atoms with Crippen LogP contribution in [0.25, 0.3) is 6.08 Å². The molecule has 1 aliphatic rings. The van der Waals surface area contributed by atoms with Crippen LogP contribution in [0.15, 0.2) is 30.3 Å². The van der Waals surface area contributed by atoms with Crippen molar-refractivity contribution in [2.75, 3.05) is 0 Å². The van der Waals surface area contributed by atoms with Crippen LogP contribution in [0.2, 0.25) is 4.47 Å². The molecule has 11 heavy (non-hydrogen) atoms. The predicted octanol–water partition coefficient (Wildman–Crippen LogP) is 1.52. The molecule has 0 saturated heterocycles. The Kier molecular flexibility index (Phi) is 3.59. The van der Waals surface area contributed by atoms with Crippen molar-refractivity contribution in [2.45, 2.75) is 4.47 Å². The van der Waals surface area contributed by atoms with Crippen molar-refractivity contribution in [3.8, 4) is 0 Å². The van der Waals surface area contributed by atoms with E-state index < -0.39 is 0 Å². The normalized spacial score (nSPS) is 13.5. The van der Waals surface area contributed by atoms with E-state index in [1.807, 2.05) is 0 Å². The molecule has 0 amide bonds. The SMILES string of the molecule is C1=Cc2ccccc2[Te]C1.P. The number of rotatable bonds is 0. The molecule has 2 rings (SSSR count). The maximum atomic E-state index is 2.30. The first-order valence-corrected chi connectivity index (χ1v) is 6.16. The van der Waals surface area contributed by atoms with Crippen LogP contribution < -0.4 is 3.61 Å². The molecule has 0 aromatic heterocycles. The Morgan fingerprint density at radius 3 is 2.82 bits per heavy atom. The predicted molar refractivity (Wildman–Crippen MR) is 56.8 cm³/mol. The van der Waals surface area contributed by atoms with Gasteiger partial charge in [0.2, 0.25) is 0 Å². The molecule has 0 N–H and O–H groups in total. The Morgan fingerprint density at radius 2 is 2.00 bits per heavy atom. The van der Waals surface area contributed by atoms with Crippen LogP contribution in [0.3, 0.4) is 0 Å². The number of hydrogen-bond acceptors (Lipinski definition) is 0. The molecule has 0 bridgehead atoms. The van der Waals surface area contributed by atoms with Crippen LogP contribution in [0, 0.1) is 0 Å². The Balaban J connectivity index is 0.000000605. The minimum absolute atomic E-state index is 0. The largest absolute Gasteiger partial charge is 0.153 e. The van der Waals surface area contributed by atoms with E-state index in [9.17, 15) is 0 Å². The van der Waals surface area contributed by atoms with Gasteiger partial charge in [0.05, 0.1) is 0 Å². The summed E-state index contributed by atoms with van der Waals surface area (Å²) in [6.07, 6.45) is 4.54. The number of benzene rings is 1. The number of allylic oxidation sites excluding steroid dienone is 1. The molecule has 1 aromatic carbocycles. The third-order valence-corrected chi connectivity index (χ3v) is 4.53. The maximum Gasteiger partial charge on any atom is -0.153 e. The zero-order valence-electron chi connectivity index (χ0n) is 6.29. The molecule has 1 aromatic rings. The average molecular weight is 278 g/mol. The zero-order valence-corrected chi connectivity index (χ0v) is 10.0. The second-order valence-corrected chi connectivity index (χ2v) is 5.28. The van der Waals surface area contributed by atoms with Gasteiger partial charge in [0.15, 0.2) is 0 Å². The van der Waals surface area contributed by atoms with Gasteiger partial charge in [0.25, 0.3) is 0 Å². The van der Waals surface area contributed by atoms with Gasteiger partial charge in [-0.1, -0.05) is 0 Å². The standard InChI is InChI=1S/C9H8Te.H3P/c1-2-6-9-8(4-1)5-3-7-10-9;/h1-6H,7H2;1H3. The van der Waals surface area contributed by atoms with Crippen LogP contribution in [-0.2, 0) is 0 Å². The van der Waals surface area contributed by atoms with Crippen LogP contribution in [0.5, 0.6) is 0 Å². The van der Waals surface area contributed by atoms with E-state index in [2.05, 4.69) is 36.4 Å². The average Bonchev–Trinajstić information content (AvgIpc) is 2.05. The van der Waals surface area contributed by atoms with Crippen molar-refractivity contribution >= 4 is 40.5 Å². The van der Waals surface area contributed by atoms with E-state index in [0.717, 1.165) is 0 Å². The zero-order chi connectivity index (χ0) is 6.81. The van der Waals surface area contributed by atoms with Crippen LogP contribution in [0.4, 0.5) is 0 Å². The monoisotopic (exact) mass is 280 g/mol. The minimum atomic E-state index is 0. The Bertz CT molecular complexity index is 268. The smallest absolute Gasteiger partial charge is 0.153 e. The molecule has 0 fully saturated rings. The van der Waals surface area contributed by atoms with Gasteiger partial charge >= 0.3 is 71.0 Å². The summed E-state index contributed by atoms with van der Waals surface area (Å²) in [5, 5.41) is 0. The van der Waals surface area contributed by atoms with Crippen molar-refractivity contribution in [2.24, 2.45) is 0 Å². The molecular weight excluding hydrogens is 267 g/mol. The molecule has 0 saturated carbocycles. The Labute approximate surface area is 80.8 Å². The topological polar surface area (TPSA) is 0 Å². The third kappa shape index (κ3) is 2.06. The summed E-state index contributed by atoms with van der Waals surface area (Å²) >= 11 is 0.143. The summed E-state index contributed by atoms with van der Waals surface area (Å²) in [6.45, 7) is 0. The van der Waals surface area contributed by atoms with Crippen LogP contribution in [0.1, 0.15) is 5.56 Å².